The number of rotatable bonds is 3. The fourth-order valence-electron chi connectivity index (χ4n) is 2.74. The second kappa shape index (κ2) is 5.90. The number of hydrogen-bond acceptors (Lipinski definition) is 5. The van der Waals surface area contributed by atoms with Gasteiger partial charge in [-0.3, -0.25) is 4.90 Å². The fourth-order valence-corrected chi connectivity index (χ4v) is 2.74. The molecule has 0 aromatic carbocycles. The van der Waals surface area contributed by atoms with Gasteiger partial charge in [-0.15, -0.1) is 10.2 Å². The van der Waals surface area contributed by atoms with E-state index < -0.39 is 12.0 Å². The first-order chi connectivity index (χ1) is 10.0. The Bertz CT molecular complexity index is 484. The van der Waals surface area contributed by atoms with E-state index >= 15 is 0 Å². The van der Waals surface area contributed by atoms with Crippen LogP contribution in [0.25, 0.3) is 0 Å². The molecular formula is C12H18F3N5O. The molecule has 2 aliphatic heterocycles. The summed E-state index contributed by atoms with van der Waals surface area (Å²) in [5.74, 6) is -0.506. The molecule has 1 aromatic rings. The minimum atomic E-state index is -4.44. The Kier molecular flexibility index (Phi) is 4.14. The molecule has 1 N–H and O–H groups in total. The molecule has 6 nitrogen and oxygen atoms in total. The van der Waals surface area contributed by atoms with Crippen molar-refractivity contribution in [1.29, 1.82) is 0 Å². The normalized spacial score (nSPS) is 24.0. The third kappa shape index (κ3) is 3.35. The average Bonchev–Trinajstić information content (AvgIpc) is 2.89. The van der Waals surface area contributed by atoms with Gasteiger partial charge in [-0.25, -0.2) is 0 Å². The summed E-state index contributed by atoms with van der Waals surface area (Å²) >= 11 is 0. The van der Waals surface area contributed by atoms with Gasteiger partial charge in [0, 0.05) is 32.7 Å². The van der Waals surface area contributed by atoms with E-state index in [1.807, 2.05) is 0 Å². The molecule has 9 heteroatoms. The quantitative estimate of drug-likeness (QED) is 0.881. The lowest BCUT2D eigenvalue weighted by Gasteiger charge is -2.30. The Balaban J connectivity index is 1.56. The number of fused-ring (bicyclic) bond motifs is 1. The van der Waals surface area contributed by atoms with E-state index in [9.17, 15) is 13.2 Å². The van der Waals surface area contributed by atoms with Crippen molar-refractivity contribution in [2.45, 2.75) is 31.8 Å². The lowest BCUT2D eigenvalue weighted by Crippen LogP contribution is -2.42. The topological polar surface area (TPSA) is 55.2 Å². The van der Waals surface area contributed by atoms with Gasteiger partial charge in [-0.2, -0.15) is 13.2 Å². The summed E-state index contributed by atoms with van der Waals surface area (Å²) in [4.78, 5) is 2.10. The fraction of sp³-hybridized carbons (Fsp3) is 0.833. The maximum Gasteiger partial charge on any atom is 0.451 e. The molecular weight excluding hydrogens is 287 g/mol. The zero-order chi connectivity index (χ0) is 14.9. The second-order valence-electron chi connectivity index (χ2n) is 5.35. The highest BCUT2D eigenvalue weighted by molar-refractivity contribution is 5.02. The van der Waals surface area contributed by atoms with E-state index in [1.54, 1.807) is 0 Å². The van der Waals surface area contributed by atoms with Gasteiger partial charge in [0.1, 0.15) is 5.82 Å². The van der Waals surface area contributed by atoms with Crippen molar-refractivity contribution in [1.82, 2.24) is 25.0 Å². The van der Waals surface area contributed by atoms with Crippen molar-refractivity contribution in [3.8, 4) is 0 Å². The standard InChI is InChI=1S/C12H18F3N5O/c13-12(14,15)11-18-17-10-8-19(4-5-20(10)11)3-1-9-7-16-2-6-21-9/h9,16H,1-8H2. The molecule has 0 radical (unpaired) electrons. The summed E-state index contributed by atoms with van der Waals surface area (Å²) in [5.41, 5.74) is 0. The van der Waals surface area contributed by atoms with Gasteiger partial charge in [0.05, 0.1) is 19.3 Å². The molecule has 3 heterocycles. The van der Waals surface area contributed by atoms with Crippen molar-refractivity contribution < 1.29 is 17.9 Å². The first-order valence-electron chi connectivity index (χ1n) is 7.08. The molecule has 0 spiro atoms. The van der Waals surface area contributed by atoms with Gasteiger partial charge in [-0.1, -0.05) is 0 Å². The molecule has 0 saturated carbocycles. The molecule has 118 valence electrons. The lowest BCUT2D eigenvalue weighted by molar-refractivity contribution is -0.148. The van der Waals surface area contributed by atoms with Crippen LogP contribution in [0.2, 0.25) is 0 Å². The summed E-state index contributed by atoms with van der Waals surface area (Å²) in [7, 11) is 0. The Morgan fingerprint density at radius 2 is 2.14 bits per heavy atom. The van der Waals surface area contributed by atoms with Crippen LogP contribution in [0.1, 0.15) is 18.1 Å². The molecule has 0 bridgehead atoms. The van der Waals surface area contributed by atoms with Gasteiger partial charge < -0.3 is 14.6 Å². The highest BCUT2D eigenvalue weighted by atomic mass is 19.4. The Hall–Kier alpha value is -1.19. The predicted octanol–water partition coefficient (Wildman–Crippen LogP) is 0.491. The number of nitrogens with one attached hydrogen (secondary N) is 1. The minimum absolute atomic E-state index is 0.185. The Morgan fingerprint density at radius 1 is 1.29 bits per heavy atom. The van der Waals surface area contributed by atoms with Crippen LogP contribution in [0.4, 0.5) is 13.2 Å². The molecule has 1 atom stereocenters. The second-order valence-corrected chi connectivity index (χ2v) is 5.35. The Labute approximate surface area is 120 Å². The molecule has 2 aliphatic rings. The molecule has 3 rings (SSSR count). The highest BCUT2D eigenvalue weighted by Crippen LogP contribution is 2.29. The SMILES string of the molecule is FC(F)(F)c1nnc2n1CCN(CCC1CNCCO1)C2. The zero-order valence-corrected chi connectivity index (χ0v) is 11.6. The largest absolute Gasteiger partial charge is 0.451 e. The van der Waals surface area contributed by atoms with Gasteiger partial charge in [0.25, 0.3) is 0 Å². The number of ether oxygens (including phenoxy) is 1. The first-order valence-corrected chi connectivity index (χ1v) is 7.08. The van der Waals surface area contributed by atoms with Crippen LogP contribution in [-0.2, 0) is 24.0 Å². The van der Waals surface area contributed by atoms with E-state index in [4.69, 9.17) is 4.74 Å². The number of aromatic nitrogens is 3. The molecule has 0 aliphatic carbocycles. The van der Waals surface area contributed by atoms with Crippen molar-refractivity contribution in [2.24, 2.45) is 0 Å². The average molecular weight is 305 g/mol. The Morgan fingerprint density at radius 3 is 2.86 bits per heavy atom. The molecule has 1 fully saturated rings. The van der Waals surface area contributed by atoms with Crippen LogP contribution >= 0.6 is 0 Å². The summed E-state index contributed by atoms with van der Waals surface area (Å²) in [5, 5.41) is 10.2. The van der Waals surface area contributed by atoms with E-state index in [0.717, 1.165) is 26.1 Å². The molecule has 1 aromatic heterocycles. The van der Waals surface area contributed by atoms with Crippen molar-refractivity contribution in [2.75, 3.05) is 32.8 Å². The van der Waals surface area contributed by atoms with Crippen molar-refractivity contribution in [3.05, 3.63) is 11.6 Å². The summed E-state index contributed by atoms with van der Waals surface area (Å²) in [6, 6.07) is 0. The van der Waals surface area contributed by atoms with Crippen LogP contribution in [0.3, 0.4) is 0 Å². The molecule has 0 amide bonds. The smallest absolute Gasteiger partial charge is 0.376 e. The molecule has 21 heavy (non-hydrogen) atoms. The monoisotopic (exact) mass is 305 g/mol. The van der Waals surface area contributed by atoms with E-state index in [0.29, 0.717) is 25.5 Å². The van der Waals surface area contributed by atoms with E-state index in [2.05, 4.69) is 20.4 Å². The predicted molar refractivity (Wildman–Crippen MR) is 67.5 cm³/mol. The van der Waals surface area contributed by atoms with Gasteiger partial charge in [0.15, 0.2) is 0 Å². The third-order valence-electron chi connectivity index (χ3n) is 3.86. The third-order valence-corrected chi connectivity index (χ3v) is 3.86. The lowest BCUT2D eigenvalue weighted by atomic mass is 10.2. The highest BCUT2D eigenvalue weighted by Gasteiger charge is 2.39. The number of hydrogen-bond donors (Lipinski definition) is 1. The molecule has 1 unspecified atom stereocenters. The van der Waals surface area contributed by atoms with Crippen LogP contribution in [0, 0.1) is 0 Å². The van der Waals surface area contributed by atoms with Crippen molar-refractivity contribution in [3.63, 3.8) is 0 Å². The number of nitrogens with zero attached hydrogens (tertiary/aromatic N) is 4. The van der Waals surface area contributed by atoms with Gasteiger partial charge >= 0.3 is 6.18 Å². The molecule has 1 saturated heterocycles. The first kappa shape index (κ1) is 14.7. The minimum Gasteiger partial charge on any atom is -0.376 e. The maximum atomic E-state index is 12.7. The van der Waals surface area contributed by atoms with E-state index in [-0.39, 0.29) is 12.6 Å². The summed E-state index contributed by atoms with van der Waals surface area (Å²) in [6.45, 7) is 4.48. The van der Waals surface area contributed by atoms with Crippen LogP contribution in [-0.4, -0.2) is 58.6 Å². The maximum absolute atomic E-state index is 12.7. The van der Waals surface area contributed by atoms with Crippen LogP contribution in [0.5, 0.6) is 0 Å². The van der Waals surface area contributed by atoms with Crippen molar-refractivity contribution >= 4 is 0 Å². The number of halogens is 3. The van der Waals surface area contributed by atoms with Gasteiger partial charge in [-0.05, 0) is 6.42 Å². The number of morpholine rings is 1. The zero-order valence-electron chi connectivity index (χ0n) is 11.6. The van der Waals surface area contributed by atoms with E-state index in [1.165, 1.54) is 4.57 Å². The van der Waals surface area contributed by atoms with Crippen LogP contribution in [0.15, 0.2) is 0 Å². The van der Waals surface area contributed by atoms with Gasteiger partial charge in [0.2, 0.25) is 5.82 Å². The summed E-state index contributed by atoms with van der Waals surface area (Å²) in [6.07, 6.45) is -3.38. The van der Waals surface area contributed by atoms with Crippen LogP contribution < -0.4 is 5.32 Å². The summed E-state index contributed by atoms with van der Waals surface area (Å²) < 4.78 is 45.0. The number of alkyl halides is 3.